The zero-order valence-corrected chi connectivity index (χ0v) is 11.7. The van der Waals surface area contributed by atoms with Crippen molar-refractivity contribution in [3.63, 3.8) is 0 Å². The Morgan fingerprint density at radius 3 is 2.84 bits per heavy atom. The minimum atomic E-state index is -0.440. The zero-order valence-electron chi connectivity index (χ0n) is 11.7. The molecular weight excluding hydrogens is 246 g/mol. The van der Waals surface area contributed by atoms with E-state index in [1.165, 1.54) is 0 Å². The van der Waals surface area contributed by atoms with Crippen molar-refractivity contribution in [1.29, 1.82) is 0 Å². The number of furan rings is 1. The lowest BCUT2D eigenvalue weighted by Crippen LogP contribution is -2.48. The highest BCUT2D eigenvalue weighted by atomic mass is 16.7. The van der Waals surface area contributed by atoms with E-state index in [0.717, 1.165) is 18.7 Å². The van der Waals surface area contributed by atoms with Crippen LogP contribution in [-0.2, 0) is 20.8 Å². The maximum Gasteiger partial charge on any atom is 0.162 e. The fourth-order valence-electron chi connectivity index (χ4n) is 1.86. The number of nitrogens with one attached hydrogen (secondary N) is 1. The minimum Gasteiger partial charge on any atom is -0.467 e. The van der Waals surface area contributed by atoms with Crippen molar-refractivity contribution < 1.29 is 18.6 Å². The molecule has 1 aliphatic heterocycles. The van der Waals surface area contributed by atoms with Crippen LogP contribution in [0.15, 0.2) is 22.8 Å². The van der Waals surface area contributed by atoms with Crippen LogP contribution in [0.5, 0.6) is 0 Å². The summed E-state index contributed by atoms with van der Waals surface area (Å²) in [7, 11) is 0. The first-order valence-electron chi connectivity index (χ1n) is 6.77. The van der Waals surface area contributed by atoms with Gasteiger partial charge >= 0.3 is 0 Å². The van der Waals surface area contributed by atoms with E-state index in [4.69, 9.17) is 18.6 Å². The van der Waals surface area contributed by atoms with Gasteiger partial charge in [-0.05, 0) is 38.9 Å². The van der Waals surface area contributed by atoms with E-state index in [2.05, 4.69) is 5.32 Å². The Bertz CT molecular complexity index is 340. The molecule has 0 atom stereocenters. The van der Waals surface area contributed by atoms with Gasteiger partial charge in [0.1, 0.15) is 12.4 Å². The van der Waals surface area contributed by atoms with Crippen molar-refractivity contribution in [2.75, 3.05) is 26.4 Å². The minimum absolute atomic E-state index is 0.276. The van der Waals surface area contributed by atoms with E-state index in [1.54, 1.807) is 6.26 Å². The molecule has 1 fully saturated rings. The van der Waals surface area contributed by atoms with Gasteiger partial charge in [-0.1, -0.05) is 0 Å². The van der Waals surface area contributed by atoms with Crippen LogP contribution in [0.2, 0.25) is 0 Å². The van der Waals surface area contributed by atoms with E-state index in [1.807, 2.05) is 26.0 Å². The van der Waals surface area contributed by atoms with Crippen molar-refractivity contribution in [3.05, 3.63) is 24.2 Å². The molecule has 0 radical (unpaired) electrons. The third-order valence-electron chi connectivity index (χ3n) is 2.99. The van der Waals surface area contributed by atoms with Crippen molar-refractivity contribution in [1.82, 2.24) is 5.32 Å². The lowest BCUT2D eigenvalue weighted by Gasteiger charge is -2.35. The van der Waals surface area contributed by atoms with Gasteiger partial charge in [0, 0.05) is 6.61 Å². The third kappa shape index (κ3) is 5.32. The number of hydrogen-bond donors (Lipinski definition) is 1. The highest BCUT2D eigenvalue weighted by molar-refractivity contribution is 4.95. The maximum absolute atomic E-state index is 5.58. The Hall–Kier alpha value is -0.880. The molecule has 0 unspecified atom stereocenters. The van der Waals surface area contributed by atoms with Crippen molar-refractivity contribution in [3.8, 4) is 0 Å². The molecule has 0 aromatic carbocycles. The summed E-state index contributed by atoms with van der Waals surface area (Å²) < 4.78 is 21.8. The fourth-order valence-corrected chi connectivity index (χ4v) is 1.86. The predicted molar refractivity (Wildman–Crippen MR) is 70.8 cm³/mol. The normalized spacial score (nSPS) is 19.7. The molecule has 5 heteroatoms. The van der Waals surface area contributed by atoms with Gasteiger partial charge < -0.3 is 23.9 Å². The maximum atomic E-state index is 5.58. The first-order chi connectivity index (χ1) is 9.16. The molecular formula is C14H23NO4. The lowest BCUT2D eigenvalue weighted by molar-refractivity contribution is -0.252. The number of ether oxygens (including phenoxy) is 3. The van der Waals surface area contributed by atoms with Crippen LogP contribution in [0.4, 0.5) is 0 Å². The largest absolute Gasteiger partial charge is 0.467 e. The first kappa shape index (κ1) is 14.5. The van der Waals surface area contributed by atoms with Gasteiger partial charge in [-0.2, -0.15) is 0 Å². The number of hydrogen-bond acceptors (Lipinski definition) is 5. The second-order valence-corrected chi connectivity index (χ2v) is 5.16. The average Bonchev–Trinajstić information content (AvgIpc) is 2.88. The molecule has 5 nitrogen and oxygen atoms in total. The van der Waals surface area contributed by atoms with Gasteiger partial charge in [0.2, 0.25) is 0 Å². The van der Waals surface area contributed by atoms with Crippen LogP contribution in [-0.4, -0.2) is 38.2 Å². The molecule has 19 heavy (non-hydrogen) atoms. The van der Waals surface area contributed by atoms with E-state index in [9.17, 15) is 0 Å². The fraction of sp³-hybridized carbons (Fsp3) is 0.714. The Labute approximate surface area is 114 Å². The Morgan fingerprint density at radius 2 is 2.16 bits per heavy atom. The summed E-state index contributed by atoms with van der Waals surface area (Å²) in [6.45, 7) is 7.42. The topological polar surface area (TPSA) is 52.9 Å². The highest BCUT2D eigenvalue weighted by Gasteiger charge is 2.27. The summed E-state index contributed by atoms with van der Waals surface area (Å²) in [5, 5.41) is 3.40. The van der Waals surface area contributed by atoms with Crippen LogP contribution in [0.25, 0.3) is 0 Å². The molecule has 1 aliphatic rings. The standard InChI is InChI=1S/C14H23NO4/c1-14(2)18-9-12(10-19-14)15-6-4-7-16-11-13-5-3-8-17-13/h3,5,8,12,15H,4,6-7,9-11H2,1-2H3. The summed E-state index contributed by atoms with van der Waals surface area (Å²) in [6.07, 6.45) is 2.62. The van der Waals surface area contributed by atoms with Crippen LogP contribution in [0, 0.1) is 0 Å². The zero-order chi connectivity index (χ0) is 13.6. The summed E-state index contributed by atoms with van der Waals surface area (Å²) in [4.78, 5) is 0. The highest BCUT2D eigenvalue weighted by Crippen LogP contribution is 2.16. The lowest BCUT2D eigenvalue weighted by atomic mass is 10.2. The molecule has 0 aliphatic carbocycles. The first-order valence-corrected chi connectivity index (χ1v) is 6.77. The monoisotopic (exact) mass is 269 g/mol. The SMILES string of the molecule is CC1(C)OCC(NCCCOCc2ccco2)CO1. The van der Waals surface area contributed by atoms with Gasteiger partial charge in [-0.3, -0.25) is 0 Å². The van der Waals surface area contributed by atoms with Gasteiger partial charge in [0.15, 0.2) is 5.79 Å². The van der Waals surface area contributed by atoms with Gasteiger partial charge in [0.25, 0.3) is 0 Å². The molecule has 0 spiro atoms. The second kappa shape index (κ2) is 7.05. The molecule has 2 rings (SSSR count). The molecule has 1 saturated heterocycles. The van der Waals surface area contributed by atoms with Crippen molar-refractivity contribution >= 4 is 0 Å². The molecule has 0 saturated carbocycles. The molecule has 1 aromatic rings. The summed E-state index contributed by atoms with van der Waals surface area (Å²) in [6, 6.07) is 4.06. The van der Waals surface area contributed by atoms with Crippen molar-refractivity contribution in [2.45, 2.75) is 38.7 Å². The molecule has 1 aromatic heterocycles. The van der Waals surface area contributed by atoms with E-state index < -0.39 is 5.79 Å². The van der Waals surface area contributed by atoms with Gasteiger partial charge in [-0.15, -0.1) is 0 Å². The number of rotatable bonds is 7. The van der Waals surface area contributed by atoms with E-state index in [0.29, 0.717) is 26.4 Å². The summed E-state index contributed by atoms with van der Waals surface area (Å²) in [5.74, 6) is 0.425. The second-order valence-electron chi connectivity index (χ2n) is 5.16. The van der Waals surface area contributed by atoms with Gasteiger partial charge in [0.05, 0.1) is 25.5 Å². The van der Waals surface area contributed by atoms with E-state index >= 15 is 0 Å². The van der Waals surface area contributed by atoms with Crippen LogP contribution < -0.4 is 5.32 Å². The Morgan fingerprint density at radius 1 is 1.37 bits per heavy atom. The van der Waals surface area contributed by atoms with Crippen LogP contribution >= 0.6 is 0 Å². The molecule has 1 N–H and O–H groups in total. The van der Waals surface area contributed by atoms with Crippen LogP contribution in [0.1, 0.15) is 26.0 Å². The average molecular weight is 269 g/mol. The molecule has 2 heterocycles. The quantitative estimate of drug-likeness (QED) is 0.767. The third-order valence-corrected chi connectivity index (χ3v) is 2.99. The molecule has 108 valence electrons. The van der Waals surface area contributed by atoms with Crippen LogP contribution in [0.3, 0.4) is 0 Å². The molecule has 0 bridgehead atoms. The Balaban J connectivity index is 1.46. The van der Waals surface area contributed by atoms with Gasteiger partial charge in [-0.25, -0.2) is 0 Å². The smallest absolute Gasteiger partial charge is 0.162 e. The summed E-state index contributed by atoms with van der Waals surface area (Å²) >= 11 is 0. The van der Waals surface area contributed by atoms with Crippen molar-refractivity contribution in [2.24, 2.45) is 0 Å². The molecule has 0 amide bonds. The summed E-state index contributed by atoms with van der Waals surface area (Å²) in [5.41, 5.74) is 0. The van der Waals surface area contributed by atoms with E-state index in [-0.39, 0.29) is 6.04 Å². The predicted octanol–water partition coefficient (Wildman–Crippen LogP) is 1.93. The Kier molecular flexibility index (Phi) is 5.39.